The molecule has 5 rings (SSSR count). The lowest BCUT2D eigenvalue weighted by molar-refractivity contribution is 0.0932. The van der Waals surface area contributed by atoms with Crippen LogP contribution in [0.25, 0.3) is 16.6 Å². The standard InChI is InChI=1S/C24H21N7O2/c1-15(23-27-20(33-29-23)14-17-8-4-3-5-9-17)26-24(32)21-16(2)31(30-28-21)19-12-6-10-18-11-7-13-25-22(18)19/h3-13,15H,14H2,1-2H3,(H,26,32). The molecular weight excluding hydrogens is 418 g/mol. The van der Waals surface area contributed by atoms with Crippen LogP contribution in [0.4, 0.5) is 0 Å². The van der Waals surface area contributed by atoms with E-state index in [4.69, 9.17) is 4.52 Å². The van der Waals surface area contributed by atoms with Crippen LogP contribution in [0.15, 0.2) is 71.4 Å². The maximum Gasteiger partial charge on any atom is 0.274 e. The van der Waals surface area contributed by atoms with Crippen molar-refractivity contribution in [2.24, 2.45) is 0 Å². The fourth-order valence-corrected chi connectivity index (χ4v) is 3.64. The van der Waals surface area contributed by atoms with Gasteiger partial charge in [-0.05, 0) is 31.5 Å². The van der Waals surface area contributed by atoms with E-state index in [-0.39, 0.29) is 11.6 Å². The van der Waals surface area contributed by atoms with Gasteiger partial charge in [0, 0.05) is 11.6 Å². The minimum Gasteiger partial charge on any atom is -0.341 e. The minimum atomic E-state index is -0.463. The summed E-state index contributed by atoms with van der Waals surface area (Å²) >= 11 is 0. The Morgan fingerprint density at radius 1 is 1.09 bits per heavy atom. The summed E-state index contributed by atoms with van der Waals surface area (Å²) in [6.45, 7) is 3.59. The molecule has 1 amide bonds. The first-order valence-corrected chi connectivity index (χ1v) is 10.5. The molecule has 0 saturated carbocycles. The van der Waals surface area contributed by atoms with Crippen LogP contribution in [0.1, 0.15) is 46.4 Å². The predicted octanol–water partition coefficient (Wildman–Crippen LogP) is 3.59. The molecule has 0 aliphatic heterocycles. The smallest absolute Gasteiger partial charge is 0.274 e. The Morgan fingerprint density at radius 2 is 1.91 bits per heavy atom. The molecule has 5 aromatic rings. The number of pyridine rings is 1. The third-order valence-corrected chi connectivity index (χ3v) is 5.37. The summed E-state index contributed by atoms with van der Waals surface area (Å²) in [4.78, 5) is 21.8. The van der Waals surface area contributed by atoms with Gasteiger partial charge in [0.1, 0.15) is 0 Å². The second-order valence-corrected chi connectivity index (χ2v) is 7.69. The van der Waals surface area contributed by atoms with Gasteiger partial charge < -0.3 is 9.84 Å². The number of nitrogens with one attached hydrogen (secondary N) is 1. The Balaban J connectivity index is 1.33. The number of carbonyl (C=O) groups is 1. The molecule has 9 nitrogen and oxygen atoms in total. The van der Waals surface area contributed by atoms with Crippen LogP contribution >= 0.6 is 0 Å². The lowest BCUT2D eigenvalue weighted by atomic mass is 10.1. The van der Waals surface area contributed by atoms with Gasteiger partial charge in [0.2, 0.25) is 5.89 Å². The highest BCUT2D eigenvalue weighted by molar-refractivity contribution is 5.94. The third kappa shape index (κ3) is 4.08. The number of para-hydroxylation sites is 1. The average molecular weight is 439 g/mol. The summed E-state index contributed by atoms with van der Waals surface area (Å²) in [6.07, 6.45) is 2.26. The topological polar surface area (TPSA) is 112 Å². The van der Waals surface area contributed by atoms with Crippen molar-refractivity contribution in [3.05, 3.63) is 95.5 Å². The van der Waals surface area contributed by atoms with Crippen molar-refractivity contribution in [3.63, 3.8) is 0 Å². The fourth-order valence-electron chi connectivity index (χ4n) is 3.64. The van der Waals surface area contributed by atoms with E-state index in [1.54, 1.807) is 24.7 Å². The van der Waals surface area contributed by atoms with Gasteiger partial charge in [-0.2, -0.15) is 4.98 Å². The molecule has 0 spiro atoms. The van der Waals surface area contributed by atoms with Crippen molar-refractivity contribution < 1.29 is 9.32 Å². The largest absolute Gasteiger partial charge is 0.341 e. The average Bonchev–Trinajstić information content (AvgIpc) is 3.46. The maximum atomic E-state index is 12.9. The van der Waals surface area contributed by atoms with Gasteiger partial charge >= 0.3 is 0 Å². The first-order chi connectivity index (χ1) is 16.1. The molecule has 3 aromatic heterocycles. The molecule has 1 atom stereocenters. The molecule has 0 aliphatic rings. The minimum absolute atomic E-state index is 0.225. The lowest BCUT2D eigenvalue weighted by Crippen LogP contribution is -2.28. The molecular formula is C24H21N7O2. The van der Waals surface area contributed by atoms with Crippen molar-refractivity contribution in [3.8, 4) is 5.69 Å². The molecule has 0 radical (unpaired) electrons. The van der Waals surface area contributed by atoms with E-state index >= 15 is 0 Å². The molecule has 9 heteroatoms. The van der Waals surface area contributed by atoms with Crippen molar-refractivity contribution in [2.45, 2.75) is 26.3 Å². The molecule has 0 fully saturated rings. The number of benzene rings is 2. The quantitative estimate of drug-likeness (QED) is 0.430. The van der Waals surface area contributed by atoms with E-state index in [2.05, 4.69) is 30.8 Å². The van der Waals surface area contributed by atoms with Gasteiger partial charge in [-0.25, -0.2) is 4.68 Å². The van der Waals surface area contributed by atoms with Crippen LogP contribution in [0.3, 0.4) is 0 Å². The van der Waals surface area contributed by atoms with Crippen molar-refractivity contribution in [1.82, 2.24) is 35.4 Å². The van der Waals surface area contributed by atoms with Crippen molar-refractivity contribution in [2.75, 3.05) is 0 Å². The zero-order valence-corrected chi connectivity index (χ0v) is 18.1. The Labute approximate surface area is 189 Å². The fraction of sp³-hybridized carbons (Fsp3) is 0.167. The molecule has 1 N–H and O–H groups in total. The number of hydrogen-bond donors (Lipinski definition) is 1. The molecule has 0 bridgehead atoms. The van der Waals surface area contributed by atoms with E-state index in [0.29, 0.717) is 23.8 Å². The van der Waals surface area contributed by atoms with Crippen LogP contribution in [0, 0.1) is 6.92 Å². The number of aromatic nitrogens is 6. The SMILES string of the molecule is Cc1c(C(=O)NC(C)c2noc(Cc3ccccc3)n2)nnn1-c1cccc2cccnc12. The van der Waals surface area contributed by atoms with Crippen LogP contribution in [0.5, 0.6) is 0 Å². The second-order valence-electron chi connectivity index (χ2n) is 7.69. The summed E-state index contributed by atoms with van der Waals surface area (Å²) in [5, 5.41) is 16.2. The van der Waals surface area contributed by atoms with Crippen LogP contribution in [-0.4, -0.2) is 36.0 Å². The molecule has 3 heterocycles. The summed E-state index contributed by atoms with van der Waals surface area (Å²) < 4.78 is 6.98. The summed E-state index contributed by atoms with van der Waals surface area (Å²) in [5.74, 6) is 0.523. The van der Waals surface area contributed by atoms with Crippen molar-refractivity contribution in [1.29, 1.82) is 0 Å². The number of fused-ring (bicyclic) bond motifs is 1. The highest BCUT2D eigenvalue weighted by atomic mass is 16.5. The molecule has 33 heavy (non-hydrogen) atoms. The first-order valence-electron chi connectivity index (χ1n) is 10.5. The molecule has 0 saturated heterocycles. The predicted molar refractivity (Wildman–Crippen MR) is 121 cm³/mol. The normalized spacial score (nSPS) is 12.1. The maximum absolute atomic E-state index is 12.9. The molecule has 0 aliphatic carbocycles. The summed E-state index contributed by atoms with van der Waals surface area (Å²) in [7, 11) is 0. The summed E-state index contributed by atoms with van der Waals surface area (Å²) in [5.41, 5.74) is 3.44. The second kappa shape index (κ2) is 8.62. The van der Waals surface area contributed by atoms with Gasteiger partial charge in [-0.3, -0.25) is 9.78 Å². The Morgan fingerprint density at radius 3 is 2.76 bits per heavy atom. The Kier molecular flexibility index (Phi) is 5.35. The van der Waals surface area contributed by atoms with Crippen LogP contribution < -0.4 is 5.32 Å². The summed E-state index contributed by atoms with van der Waals surface area (Å²) in [6, 6.07) is 19.0. The van der Waals surface area contributed by atoms with E-state index in [1.165, 1.54) is 0 Å². The first kappa shape index (κ1) is 20.5. The molecule has 1 unspecified atom stereocenters. The van der Waals surface area contributed by atoms with Crippen LogP contribution in [-0.2, 0) is 6.42 Å². The van der Waals surface area contributed by atoms with Gasteiger partial charge in [0.25, 0.3) is 5.91 Å². The van der Waals surface area contributed by atoms with Gasteiger partial charge in [0.15, 0.2) is 11.5 Å². The lowest BCUT2D eigenvalue weighted by Gasteiger charge is -2.09. The van der Waals surface area contributed by atoms with E-state index in [9.17, 15) is 4.79 Å². The zero-order valence-electron chi connectivity index (χ0n) is 18.1. The third-order valence-electron chi connectivity index (χ3n) is 5.37. The van der Waals surface area contributed by atoms with E-state index < -0.39 is 6.04 Å². The number of nitrogens with zero attached hydrogens (tertiary/aromatic N) is 6. The zero-order chi connectivity index (χ0) is 22.8. The molecule has 164 valence electrons. The van der Waals surface area contributed by atoms with Gasteiger partial charge in [-0.15, -0.1) is 5.10 Å². The number of rotatable bonds is 6. The van der Waals surface area contributed by atoms with E-state index in [0.717, 1.165) is 22.2 Å². The van der Waals surface area contributed by atoms with Gasteiger partial charge in [-0.1, -0.05) is 58.9 Å². The number of carbonyl (C=O) groups excluding carboxylic acids is 1. The Bertz CT molecular complexity index is 1420. The number of hydrogen-bond acceptors (Lipinski definition) is 7. The highest BCUT2D eigenvalue weighted by Crippen LogP contribution is 2.21. The molecule has 2 aromatic carbocycles. The monoisotopic (exact) mass is 439 g/mol. The van der Waals surface area contributed by atoms with Crippen LogP contribution in [0.2, 0.25) is 0 Å². The highest BCUT2D eigenvalue weighted by Gasteiger charge is 2.22. The van der Waals surface area contributed by atoms with Gasteiger partial charge in [0.05, 0.1) is 29.4 Å². The number of amides is 1. The Hall–Kier alpha value is -4.40. The van der Waals surface area contributed by atoms with Crippen molar-refractivity contribution >= 4 is 16.8 Å². The van der Waals surface area contributed by atoms with E-state index in [1.807, 2.05) is 60.7 Å².